The summed E-state index contributed by atoms with van der Waals surface area (Å²) in [7, 11) is 1.69. The Labute approximate surface area is 98.8 Å². The van der Waals surface area contributed by atoms with Crippen molar-refractivity contribution in [2.24, 2.45) is 5.73 Å². The van der Waals surface area contributed by atoms with Crippen molar-refractivity contribution < 1.29 is 4.79 Å². The Morgan fingerprint density at radius 1 is 1.40 bits per heavy atom. The highest BCUT2D eigenvalue weighted by Crippen LogP contribution is 2.22. The van der Waals surface area contributed by atoms with Crippen molar-refractivity contribution in [2.45, 2.75) is 6.54 Å². The van der Waals surface area contributed by atoms with Crippen molar-refractivity contribution >= 4 is 29.1 Å². The molecule has 0 heterocycles. The fourth-order valence-electron chi connectivity index (χ4n) is 1.16. The predicted octanol–water partition coefficient (Wildman–Crippen LogP) is 1.91. The average Bonchev–Trinajstić information content (AvgIpc) is 2.22. The fraction of sp³-hybridized carbons (Fsp3) is 0.300. The highest BCUT2D eigenvalue weighted by atomic mass is 35.5. The second-order valence-corrected chi connectivity index (χ2v) is 4.02. The van der Waals surface area contributed by atoms with E-state index in [0.717, 1.165) is 5.56 Å². The number of carbonyl (C=O) groups excluding carboxylic acids is 1. The topological polar surface area (TPSA) is 46.3 Å². The summed E-state index contributed by atoms with van der Waals surface area (Å²) < 4.78 is 0. The Bertz CT molecular complexity index is 368. The highest BCUT2D eigenvalue weighted by molar-refractivity contribution is 6.42. The van der Waals surface area contributed by atoms with Crippen LogP contribution in [-0.2, 0) is 11.3 Å². The van der Waals surface area contributed by atoms with E-state index in [-0.39, 0.29) is 12.5 Å². The Kier molecular flexibility index (Phi) is 4.39. The maximum atomic E-state index is 11.2. The molecule has 1 rings (SSSR count). The smallest absolute Gasteiger partial charge is 0.236 e. The molecule has 15 heavy (non-hydrogen) atoms. The number of nitrogens with two attached hydrogens (primary N) is 1. The number of likely N-dealkylation sites (N-methyl/N-ethyl adjacent to an activating group) is 1. The molecule has 0 saturated heterocycles. The predicted molar refractivity (Wildman–Crippen MR) is 62.0 cm³/mol. The van der Waals surface area contributed by atoms with Crippen LogP contribution in [0.5, 0.6) is 0 Å². The van der Waals surface area contributed by atoms with E-state index in [1.165, 1.54) is 0 Å². The van der Waals surface area contributed by atoms with Crippen LogP contribution in [0.2, 0.25) is 10.0 Å². The Hall–Kier alpha value is -0.770. The normalized spacial score (nSPS) is 10.1. The van der Waals surface area contributed by atoms with E-state index in [4.69, 9.17) is 28.9 Å². The molecular weight excluding hydrogens is 235 g/mol. The minimum atomic E-state index is -0.110. The zero-order valence-electron chi connectivity index (χ0n) is 8.34. The largest absolute Gasteiger partial charge is 0.340 e. The number of hydrogen-bond donors (Lipinski definition) is 1. The van der Waals surface area contributed by atoms with Crippen molar-refractivity contribution in [3.8, 4) is 0 Å². The van der Waals surface area contributed by atoms with Crippen molar-refractivity contribution in [2.75, 3.05) is 13.6 Å². The summed E-state index contributed by atoms with van der Waals surface area (Å²) in [6.45, 7) is 0.491. The zero-order valence-corrected chi connectivity index (χ0v) is 9.85. The van der Waals surface area contributed by atoms with Crippen LogP contribution in [0.25, 0.3) is 0 Å². The van der Waals surface area contributed by atoms with E-state index < -0.39 is 0 Å². The number of benzene rings is 1. The van der Waals surface area contributed by atoms with E-state index in [2.05, 4.69) is 0 Å². The first kappa shape index (κ1) is 12.3. The number of amides is 1. The summed E-state index contributed by atoms with van der Waals surface area (Å²) in [5, 5.41) is 0.996. The maximum Gasteiger partial charge on any atom is 0.236 e. The van der Waals surface area contributed by atoms with Crippen LogP contribution in [-0.4, -0.2) is 24.4 Å². The van der Waals surface area contributed by atoms with Gasteiger partial charge in [-0.15, -0.1) is 0 Å². The van der Waals surface area contributed by atoms with Gasteiger partial charge in [0.15, 0.2) is 0 Å². The molecule has 0 unspecified atom stereocenters. The molecule has 0 atom stereocenters. The molecule has 1 aromatic carbocycles. The van der Waals surface area contributed by atoms with Crippen molar-refractivity contribution in [1.82, 2.24) is 4.90 Å². The Morgan fingerprint density at radius 3 is 2.60 bits per heavy atom. The van der Waals surface area contributed by atoms with E-state index in [1.807, 2.05) is 6.07 Å². The molecule has 1 amide bonds. The average molecular weight is 247 g/mol. The van der Waals surface area contributed by atoms with Gasteiger partial charge in [0, 0.05) is 13.6 Å². The number of nitrogens with zero attached hydrogens (tertiary/aromatic N) is 1. The summed E-state index contributed by atoms with van der Waals surface area (Å²) in [6.07, 6.45) is 0. The van der Waals surface area contributed by atoms with Crippen molar-refractivity contribution in [3.05, 3.63) is 33.8 Å². The van der Waals surface area contributed by atoms with Crippen molar-refractivity contribution in [1.29, 1.82) is 0 Å². The fourth-order valence-corrected chi connectivity index (χ4v) is 1.48. The summed E-state index contributed by atoms with van der Waals surface area (Å²) in [4.78, 5) is 12.8. The quantitative estimate of drug-likeness (QED) is 0.886. The van der Waals surface area contributed by atoms with Gasteiger partial charge in [-0.3, -0.25) is 4.79 Å². The first-order valence-corrected chi connectivity index (χ1v) is 5.18. The molecule has 2 N–H and O–H groups in total. The summed E-state index contributed by atoms with van der Waals surface area (Å²) >= 11 is 11.6. The van der Waals surface area contributed by atoms with Gasteiger partial charge in [0.2, 0.25) is 5.91 Å². The molecule has 0 aliphatic rings. The lowest BCUT2D eigenvalue weighted by atomic mass is 10.2. The lowest BCUT2D eigenvalue weighted by Gasteiger charge is -2.16. The van der Waals surface area contributed by atoms with E-state index in [9.17, 15) is 4.79 Å². The third-order valence-electron chi connectivity index (χ3n) is 2.00. The standard InChI is InChI=1S/C10H12Cl2N2O/c1-14(10(15)5-13)6-7-2-3-8(11)9(12)4-7/h2-4H,5-6,13H2,1H3. The van der Waals surface area contributed by atoms with Crippen LogP contribution in [0, 0.1) is 0 Å². The van der Waals surface area contributed by atoms with Gasteiger partial charge in [0.05, 0.1) is 16.6 Å². The molecule has 0 aliphatic carbocycles. The molecule has 82 valence electrons. The number of carbonyl (C=O) groups is 1. The molecule has 0 spiro atoms. The molecule has 0 saturated carbocycles. The first-order chi connectivity index (χ1) is 7.04. The minimum Gasteiger partial charge on any atom is -0.340 e. The van der Waals surface area contributed by atoms with Gasteiger partial charge in [0.1, 0.15) is 0 Å². The first-order valence-electron chi connectivity index (χ1n) is 4.42. The third kappa shape index (κ3) is 3.38. The lowest BCUT2D eigenvalue weighted by molar-refractivity contribution is -0.128. The molecular formula is C10H12Cl2N2O. The minimum absolute atomic E-state index is 0.0117. The van der Waals surface area contributed by atoms with Gasteiger partial charge in [0.25, 0.3) is 0 Å². The van der Waals surface area contributed by atoms with Crippen LogP contribution >= 0.6 is 23.2 Å². The molecule has 0 fully saturated rings. The molecule has 5 heteroatoms. The third-order valence-corrected chi connectivity index (χ3v) is 2.74. The van der Waals surface area contributed by atoms with E-state index >= 15 is 0 Å². The summed E-state index contributed by atoms with van der Waals surface area (Å²) in [5.74, 6) is -0.110. The summed E-state index contributed by atoms with van der Waals surface area (Å²) in [5.41, 5.74) is 6.17. The molecule has 0 aromatic heterocycles. The monoisotopic (exact) mass is 246 g/mol. The van der Waals surface area contributed by atoms with Crippen LogP contribution in [0.1, 0.15) is 5.56 Å². The molecule has 1 aromatic rings. The number of halogens is 2. The SMILES string of the molecule is CN(Cc1ccc(Cl)c(Cl)c1)C(=O)CN. The second kappa shape index (κ2) is 5.35. The van der Waals surface area contributed by atoms with Crippen molar-refractivity contribution in [3.63, 3.8) is 0 Å². The van der Waals surface area contributed by atoms with Gasteiger partial charge in [-0.05, 0) is 17.7 Å². The van der Waals surface area contributed by atoms with E-state index in [1.54, 1.807) is 24.1 Å². The lowest BCUT2D eigenvalue weighted by Crippen LogP contribution is -2.32. The highest BCUT2D eigenvalue weighted by Gasteiger charge is 2.07. The molecule has 3 nitrogen and oxygen atoms in total. The van der Waals surface area contributed by atoms with Crippen LogP contribution in [0.15, 0.2) is 18.2 Å². The van der Waals surface area contributed by atoms with Gasteiger partial charge < -0.3 is 10.6 Å². The van der Waals surface area contributed by atoms with Gasteiger partial charge in [-0.2, -0.15) is 0 Å². The van der Waals surface area contributed by atoms with Gasteiger partial charge in [-0.1, -0.05) is 29.3 Å². The van der Waals surface area contributed by atoms with Crippen LogP contribution in [0.4, 0.5) is 0 Å². The number of hydrogen-bond acceptors (Lipinski definition) is 2. The van der Waals surface area contributed by atoms with E-state index in [0.29, 0.717) is 16.6 Å². The summed E-state index contributed by atoms with van der Waals surface area (Å²) in [6, 6.07) is 5.28. The number of rotatable bonds is 3. The second-order valence-electron chi connectivity index (χ2n) is 3.20. The van der Waals surface area contributed by atoms with Gasteiger partial charge in [-0.25, -0.2) is 0 Å². The molecule has 0 radical (unpaired) electrons. The van der Waals surface area contributed by atoms with Gasteiger partial charge >= 0.3 is 0 Å². The maximum absolute atomic E-state index is 11.2. The van der Waals surface area contributed by atoms with Crippen LogP contribution in [0.3, 0.4) is 0 Å². The zero-order chi connectivity index (χ0) is 11.4. The molecule has 0 aliphatic heterocycles. The molecule has 0 bridgehead atoms. The Balaban J connectivity index is 2.73. The van der Waals surface area contributed by atoms with Crippen LogP contribution < -0.4 is 5.73 Å². The Morgan fingerprint density at radius 2 is 2.07 bits per heavy atom.